The van der Waals surface area contributed by atoms with Crippen molar-refractivity contribution >= 4 is 60.0 Å². The first-order valence-electron chi connectivity index (χ1n) is 18.3. The molecule has 10 aromatic rings. The van der Waals surface area contributed by atoms with Gasteiger partial charge in [0.2, 0.25) is 0 Å². The number of oxazole rings is 1. The predicted molar refractivity (Wildman–Crippen MR) is 223 cm³/mol. The zero-order valence-corrected chi connectivity index (χ0v) is 30.2. The van der Waals surface area contributed by atoms with Crippen molar-refractivity contribution in [1.29, 1.82) is 0 Å². The van der Waals surface area contributed by atoms with Gasteiger partial charge in [-0.3, -0.25) is 4.57 Å². The van der Waals surface area contributed by atoms with Crippen molar-refractivity contribution in [3.05, 3.63) is 164 Å². The summed E-state index contributed by atoms with van der Waals surface area (Å²) < 4.78 is 9.47. The summed E-state index contributed by atoms with van der Waals surface area (Å²) in [5.74, 6) is 1.98. The number of hydrogen-bond donors (Lipinski definition) is 0. The number of aromatic nitrogens is 6. The van der Waals surface area contributed by atoms with E-state index in [0.717, 1.165) is 94.4 Å². The van der Waals surface area contributed by atoms with Crippen LogP contribution in [0.3, 0.4) is 0 Å². The zero-order valence-electron chi connectivity index (χ0n) is 29.4. The minimum absolute atomic E-state index is 0.562. The van der Waals surface area contributed by atoms with Crippen LogP contribution in [0.25, 0.3) is 99.2 Å². The molecule has 0 spiro atoms. The molecule has 0 saturated carbocycles. The maximum absolute atomic E-state index is 6.25. The predicted octanol–water partition coefficient (Wildman–Crippen LogP) is 12.1. The van der Waals surface area contributed by atoms with Gasteiger partial charge in [0.1, 0.15) is 10.5 Å². The van der Waals surface area contributed by atoms with Crippen molar-refractivity contribution in [2.75, 3.05) is 0 Å². The Hall–Kier alpha value is -7.03. The average molecular weight is 727 g/mol. The first-order chi connectivity index (χ1) is 27.2. The number of hydrogen-bond acceptors (Lipinski definition) is 7. The standard InChI is InChI=1S/C47H30N6OS/c1-3-12-29(13-4-1)43-50-44(30-14-5-2-6-15-30)52-45(51-43)33-23-25-42-38(28-33)48-46(55-42)34-17-11-16-31(26-34)32-22-24-40-36(27-32)35-18-7-9-20-39(35)53(40)47-49-37-19-8-10-21-41(37)54-47/h1,3-5,7-28H,2,6H2. The molecule has 0 amide bonds. The molecule has 0 bridgehead atoms. The number of fused-ring (bicyclic) bond motifs is 5. The van der Waals surface area contributed by atoms with Crippen LogP contribution in [0.4, 0.5) is 0 Å². The summed E-state index contributed by atoms with van der Waals surface area (Å²) in [5, 5.41) is 3.25. The molecule has 11 rings (SSSR count). The van der Waals surface area contributed by atoms with Crippen LogP contribution in [0.1, 0.15) is 18.7 Å². The van der Waals surface area contributed by atoms with E-state index in [1.54, 1.807) is 11.3 Å². The van der Waals surface area contributed by atoms with Gasteiger partial charge in [-0.05, 0) is 78.6 Å². The van der Waals surface area contributed by atoms with Crippen molar-refractivity contribution in [3.63, 3.8) is 0 Å². The number of allylic oxidation sites excluding steroid dienone is 4. The molecule has 4 heterocycles. The average Bonchev–Trinajstić information content (AvgIpc) is 3.97. The minimum atomic E-state index is 0.562. The van der Waals surface area contributed by atoms with Crippen LogP contribution in [-0.2, 0) is 0 Å². The van der Waals surface area contributed by atoms with Gasteiger partial charge in [-0.25, -0.2) is 19.9 Å². The van der Waals surface area contributed by atoms with Gasteiger partial charge in [0.15, 0.2) is 23.1 Å². The highest BCUT2D eigenvalue weighted by Crippen LogP contribution is 2.38. The van der Waals surface area contributed by atoms with Gasteiger partial charge in [-0.15, -0.1) is 11.3 Å². The van der Waals surface area contributed by atoms with E-state index in [1.807, 2.05) is 54.6 Å². The molecular formula is C47H30N6OS. The van der Waals surface area contributed by atoms with Crippen LogP contribution in [0.15, 0.2) is 162 Å². The van der Waals surface area contributed by atoms with Crippen LogP contribution < -0.4 is 0 Å². The van der Waals surface area contributed by atoms with Crippen molar-refractivity contribution in [3.8, 4) is 50.5 Å². The Morgan fingerprint density at radius 2 is 1.25 bits per heavy atom. The van der Waals surface area contributed by atoms with Gasteiger partial charge >= 0.3 is 6.01 Å². The molecule has 0 atom stereocenters. The van der Waals surface area contributed by atoms with Gasteiger partial charge in [-0.2, -0.15) is 4.98 Å². The number of nitrogens with zero attached hydrogens (tertiary/aromatic N) is 6. The quantitative estimate of drug-likeness (QED) is 0.170. The van der Waals surface area contributed by atoms with Crippen LogP contribution in [-0.4, -0.2) is 29.5 Å². The highest BCUT2D eigenvalue weighted by molar-refractivity contribution is 7.21. The van der Waals surface area contributed by atoms with E-state index in [0.29, 0.717) is 23.5 Å². The summed E-state index contributed by atoms with van der Waals surface area (Å²) in [5.41, 5.74) is 10.8. The normalized spacial score (nSPS) is 13.0. The van der Waals surface area contributed by atoms with E-state index in [2.05, 4.69) is 108 Å². The largest absolute Gasteiger partial charge is 0.423 e. The summed E-state index contributed by atoms with van der Waals surface area (Å²) in [6.07, 6.45) is 8.49. The first-order valence-corrected chi connectivity index (χ1v) is 19.1. The molecule has 0 N–H and O–H groups in total. The molecule has 1 aliphatic carbocycles. The molecule has 4 aromatic heterocycles. The van der Waals surface area contributed by atoms with Gasteiger partial charge < -0.3 is 4.42 Å². The van der Waals surface area contributed by atoms with E-state index < -0.39 is 0 Å². The van der Waals surface area contributed by atoms with Gasteiger partial charge in [0, 0.05) is 33.0 Å². The second-order valence-corrected chi connectivity index (χ2v) is 14.7. The van der Waals surface area contributed by atoms with Crippen molar-refractivity contribution in [1.82, 2.24) is 29.5 Å². The maximum Gasteiger partial charge on any atom is 0.307 e. The van der Waals surface area contributed by atoms with Gasteiger partial charge in [0.25, 0.3) is 0 Å². The lowest BCUT2D eigenvalue weighted by molar-refractivity contribution is 0.574. The number of thiazole rings is 1. The molecule has 0 radical (unpaired) electrons. The highest BCUT2D eigenvalue weighted by Gasteiger charge is 2.19. The maximum atomic E-state index is 6.25. The van der Waals surface area contributed by atoms with Crippen molar-refractivity contribution in [2.45, 2.75) is 12.8 Å². The molecule has 6 aromatic carbocycles. The summed E-state index contributed by atoms with van der Waals surface area (Å²) in [6.45, 7) is 0. The SMILES string of the molecule is C1=CC(c2nc(-c3ccccc3)nc(-c3ccc4sc(-c5cccc(-c6ccc7c(c6)c6ccccc6n7-c6nc7ccccc7o6)c5)nc4c3)n2)=CCC1. The Bertz CT molecular complexity index is 3140. The Kier molecular flexibility index (Phi) is 7.34. The topological polar surface area (TPSA) is 82.5 Å². The van der Waals surface area contributed by atoms with Crippen LogP contribution in [0.5, 0.6) is 0 Å². The van der Waals surface area contributed by atoms with Crippen molar-refractivity contribution in [2.24, 2.45) is 0 Å². The Labute approximate surface area is 319 Å². The smallest absolute Gasteiger partial charge is 0.307 e. The van der Waals surface area contributed by atoms with E-state index in [1.165, 1.54) is 0 Å². The Morgan fingerprint density at radius 1 is 0.509 bits per heavy atom. The summed E-state index contributed by atoms with van der Waals surface area (Å²) >= 11 is 1.69. The second kappa shape index (κ2) is 12.8. The number of rotatable bonds is 6. The second-order valence-electron chi connectivity index (χ2n) is 13.6. The third-order valence-corrected chi connectivity index (χ3v) is 11.2. The monoisotopic (exact) mass is 726 g/mol. The fourth-order valence-electron chi connectivity index (χ4n) is 7.47. The Morgan fingerprint density at radius 3 is 2.15 bits per heavy atom. The van der Waals surface area contributed by atoms with Gasteiger partial charge in [-0.1, -0.05) is 103 Å². The lowest BCUT2D eigenvalue weighted by atomic mass is 10.0. The lowest BCUT2D eigenvalue weighted by Gasteiger charge is -2.10. The van der Waals surface area contributed by atoms with E-state index >= 15 is 0 Å². The molecule has 0 unspecified atom stereocenters. The van der Waals surface area contributed by atoms with Crippen LogP contribution in [0, 0.1) is 0 Å². The lowest BCUT2D eigenvalue weighted by Crippen LogP contribution is -2.03. The molecular weight excluding hydrogens is 697 g/mol. The summed E-state index contributed by atoms with van der Waals surface area (Å²) in [6, 6.07) is 48.5. The minimum Gasteiger partial charge on any atom is -0.423 e. The van der Waals surface area contributed by atoms with Crippen molar-refractivity contribution < 1.29 is 4.42 Å². The van der Waals surface area contributed by atoms with Crippen LogP contribution >= 0.6 is 11.3 Å². The molecule has 0 saturated heterocycles. The molecule has 260 valence electrons. The molecule has 0 aliphatic heterocycles. The molecule has 55 heavy (non-hydrogen) atoms. The fraction of sp³-hybridized carbons (Fsp3) is 0.0426. The number of benzene rings is 6. The van der Waals surface area contributed by atoms with E-state index in [-0.39, 0.29) is 0 Å². The zero-order chi connectivity index (χ0) is 36.3. The molecule has 1 aliphatic rings. The number of para-hydroxylation sites is 3. The molecule has 8 heteroatoms. The Balaban J connectivity index is 0.962. The third kappa shape index (κ3) is 5.54. The fourth-order valence-corrected chi connectivity index (χ4v) is 8.41. The van der Waals surface area contributed by atoms with Gasteiger partial charge in [0.05, 0.1) is 21.3 Å². The van der Waals surface area contributed by atoms with E-state index in [9.17, 15) is 0 Å². The summed E-state index contributed by atoms with van der Waals surface area (Å²) in [4.78, 5) is 24.8. The summed E-state index contributed by atoms with van der Waals surface area (Å²) in [7, 11) is 0. The third-order valence-electron chi connectivity index (χ3n) is 10.2. The molecule has 0 fully saturated rings. The molecule has 7 nitrogen and oxygen atoms in total. The highest BCUT2D eigenvalue weighted by atomic mass is 32.1. The van der Waals surface area contributed by atoms with Crippen LogP contribution in [0.2, 0.25) is 0 Å². The van der Waals surface area contributed by atoms with E-state index in [4.69, 9.17) is 29.3 Å². The first kappa shape index (κ1) is 31.5.